The van der Waals surface area contributed by atoms with Crippen LogP contribution in [0.1, 0.15) is 5.56 Å². The highest BCUT2D eigenvalue weighted by Crippen LogP contribution is 2.21. The fraction of sp³-hybridized carbons (Fsp3) is 0. The Labute approximate surface area is 141 Å². The normalized spacial score (nSPS) is 10.6. The monoisotopic (exact) mass is 332 g/mol. The lowest BCUT2D eigenvalue weighted by atomic mass is 10.1. The first-order valence-corrected chi connectivity index (χ1v) is 7.26. The number of hydrogen-bond donors (Lipinski definition) is 0. The average Bonchev–Trinajstić information content (AvgIpc) is 3.31. The largest absolute Gasteiger partial charge is 0.334 e. The molecular weight excluding hydrogens is 323 g/mol. The molecule has 0 fully saturated rings. The van der Waals surface area contributed by atoms with Gasteiger partial charge in [0.25, 0.3) is 5.89 Å². The van der Waals surface area contributed by atoms with Crippen LogP contribution < -0.4 is 0 Å². The minimum Gasteiger partial charge on any atom is -0.334 e. The van der Waals surface area contributed by atoms with E-state index in [2.05, 4.69) is 20.5 Å². The molecule has 0 amide bonds. The Kier molecular flexibility index (Phi) is 3.52. The number of halogens is 1. The molecule has 120 valence electrons. The van der Waals surface area contributed by atoms with Gasteiger partial charge < -0.3 is 4.52 Å². The van der Waals surface area contributed by atoms with Gasteiger partial charge in [0.05, 0.1) is 23.5 Å². The van der Waals surface area contributed by atoms with Crippen LogP contribution in [0.5, 0.6) is 0 Å². The second kappa shape index (κ2) is 5.98. The first-order chi connectivity index (χ1) is 12.2. The van der Waals surface area contributed by atoms with E-state index in [9.17, 15) is 4.39 Å². The zero-order valence-electron chi connectivity index (χ0n) is 12.7. The van der Waals surface area contributed by atoms with E-state index in [0.29, 0.717) is 28.4 Å². The summed E-state index contributed by atoms with van der Waals surface area (Å²) in [6.07, 6.45) is 1.59. The fourth-order valence-electron chi connectivity index (χ4n) is 2.24. The van der Waals surface area contributed by atoms with Gasteiger partial charge >= 0.3 is 0 Å². The highest BCUT2D eigenvalue weighted by atomic mass is 19.1. The number of nitrogens with zero attached hydrogens (tertiary/aromatic N) is 6. The van der Waals surface area contributed by atoms with Gasteiger partial charge in [-0.25, -0.2) is 9.07 Å². The average molecular weight is 332 g/mol. The van der Waals surface area contributed by atoms with Crippen LogP contribution >= 0.6 is 0 Å². The number of aromatic nitrogens is 5. The van der Waals surface area contributed by atoms with Gasteiger partial charge in [0.2, 0.25) is 5.82 Å². The van der Waals surface area contributed by atoms with Gasteiger partial charge in [-0.1, -0.05) is 16.4 Å². The molecule has 2 heterocycles. The standard InChI is InChI=1S/C17H9FN6O/c18-13-2-1-3-14(8-13)24-10-15(21-23-24)16-20-17(25-22-16)12-6-4-11(9-19)5-7-12/h1-8,10H. The third-order valence-corrected chi connectivity index (χ3v) is 3.48. The van der Waals surface area contributed by atoms with Crippen molar-refractivity contribution in [2.75, 3.05) is 0 Å². The van der Waals surface area contributed by atoms with Gasteiger partial charge in [-0.15, -0.1) is 5.10 Å². The van der Waals surface area contributed by atoms with Gasteiger partial charge in [-0.05, 0) is 42.5 Å². The molecular formula is C17H9FN6O. The van der Waals surface area contributed by atoms with E-state index < -0.39 is 0 Å². The minimum absolute atomic E-state index is 0.266. The SMILES string of the molecule is N#Cc1ccc(-c2nc(-c3cn(-c4cccc(F)c4)nn3)no2)cc1. The Hall–Kier alpha value is -3.86. The van der Waals surface area contributed by atoms with Gasteiger partial charge in [0.1, 0.15) is 5.82 Å². The van der Waals surface area contributed by atoms with E-state index in [1.807, 2.05) is 6.07 Å². The van der Waals surface area contributed by atoms with Crippen molar-refractivity contribution in [3.63, 3.8) is 0 Å². The Bertz CT molecular complexity index is 1080. The third kappa shape index (κ3) is 2.86. The molecule has 7 nitrogen and oxygen atoms in total. The van der Waals surface area contributed by atoms with Crippen molar-refractivity contribution in [2.24, 2.45) is 0 Å². The summed E-state index contributed by atoms with van der Waals surface area (Å²) < 4.78 is 20.0. The summed E-state index contributed by atoms with van der Waals surface area (Å²) in [5.74, 6) is 0.207. The molecule has 0 unspecified atom stereocenters. The summed E-state index contributed by atoms with van der Waals surface area (Å²) in [4.78, 5) is 4.28. The molecule has 4 aromatic rings. The van der Waals surface area contributed by atoms with Gasteiger partial charge in [-0.2, -0.15) is 10.2 Å². The van der Waals surface area contributed by atoms with E-state index in [0.717, 1.165) is 0 Å². The second-order valence-electron chi connectivity index (χ2n) is 5.14. The lowest BCUT2D eigenvalue weighted by Gasteiger charge is -1.98. The van der Waals surface area contributed by atoms with E-state index >= 15 is 0 Å². The van der Waals surface area contributed by atoms with Crippen molar-refractivity contribution < 1.29 is 8.91 Å². The van der Waals surface area contributed by atoms with Crippen LogP contribution in [-0.4, -0.2) is 25.1 Å². The van der Waals surface area contributed by atoms with Crippen molar-refractivity contribution in [1.82, 2.24) is 25.1 Å². The van der Waals surface area contributed by atoms with Crippen LogP contribution in [0.3, 0.4) is 0 Å². The topological polar surface area (TPSA) is 93.4 Å². The summed E-state index contributed by atoms with van der Waals surface area (Å²) >= 11 is 0. The maximum atomic E-state index is 13.3. The summed E-state index contributed by atoms with van der Waals surface area (Å²) in [5.41, 5.74) is 2.17. The summed E-state index contributed by atoms with van der Waals surface area (Å²) in [6.45, 7) is 0. The molecule has 0 saturated carbocycles. The maximum Gasteiger partial charge on any atom is 0.258 e. The zero-order valence-corrected chi connectivity index (χ0v) is 12.7. The van der Waals surface area contributed by atoms with Crippen molar-refractivity contribution in [2.45, 2.75) is 0 Å². The molecule has 0 spiro atoms. The van der Waals surface area contributed by atoms with E-state index in [4.69, 9.17) is 9.78 Å². The van der Waals surface area contributed by atoms with Crippen molar-refractivity contribution in [3.05, 3.63) is 66.1 Å². The lowest BCUT2D eigenvalue weighted by Crippen LogP contribution is -1.94. The summed E-state index contributed by atoms with van der Waals surface area (Å²) in [7, 11) is 0. The molecule has 25 heavy (non-hydrogen) atoms. The third-order valence-electron chi connectivity index (χ3n) is 3.48. The zero-order chi connectivity index (χ0) is 17.2. The molecule has 0 saturated heterocycles. The fourth-order valence-corrected chi connectivity index (χ4v) is 2.24. The Morgan fingerprint density at radius 2 is 1.96 bits per heavy atom. The molecule has 0 bridgehead atoms. The molecule has 0 aliphatic heterocycles. The number of hydrogen-bond acceptors (Lipinski definition) is 6. The maximum absolute atomic E-state index is 13.3. The Morgan fingerprint density at radius 3 is 2.72 bits per heavy atom. The Balaban J connectivity index is 1.63. The highest BCUT2D eigenvalue weighted by Gasteiger charge is 2.14. The van der Waals surface area contributed by atoms with E-state index in [1.54, 1.807) is 42.6 Å². The van der Waals surface area contributed by atoms with Gasteiger partial charge in [-0.3, -0.25) is 0 Å². The van der Waals surface area contributed by atoms with Crippen molar-refractivity contribution in [3.8, 4) is 34.7 Å². The first kappa shape index (κ1) is 14.7. The smallest absolute Gasteiger partial charge is 0.258 e. The quantitative estimate of drug-likeness (QED) is 0.572. The number of nitriles is 1. The molecule has 0 radical (unpaired) electrons. The lowest BCUT2D eigenvalue weighted by molar-refractivity contribution is 0.432. The molecule has 0 N–H and O–H groups in total. The first-order valence-electron chi connectivity index (χ1n) is 7.26. The van der Waals surface area contributed by atoms with Crippen LogP contribution in [0.15, 0.2) is 59.3 Å². The van der Waals surface area contributed by atoms with Crippen molar-refractivity contribution in [1.29, 1.82) is 5.26 Å². The van der Waals surface area contributed by atoms with E-state index in [-0.39, 0.29) is 11.6 Å². The van der Waals surface area contributed by atoms with Crippen molar-refractivity contribution >= 4 is 0 Å². The van der Waals surface area contributed by atoms with Crippen LogP contribution in [0.2, 0.25) is 0 Å². The van der Waals surface area contributed by atoms with Gasteiger partial charge in [0, 0.05) is 5.56 Å². The molecule has 2 aromatic carbocycles. The van der Waals surface area contributed by atoms with E-state index in [1.165, 1.54) is 16.8 Å². The van der Waals surface area contributed by atoms with Crippen LogP contribution in [0.25, 0.3) is 28.7 Å². The molecule has 0 aliphatic rings. The summed E-state index contributed by atoms with van der Waals surface area (Å²) in [6, 6.07) is 14.8. The Morgan fingerprint density at radius 1 is 1.12 bits per heavy atom. The predicted molar refractivity (Wildman–Crippen MR) is 84.8 cm³/mol. The van der Waals surface area contributed by atoms with Crippen LogP contribution in [0.4, 0.5) is 4.39 Å². The molecule has 0 atom stereocenters. The predicted octanol–water partition coefficient (Wildman–Crippen LogP) is 3.00. The van der Waals surface area contributed by atoms with Crippen LogP contribution in [-0.2, 0) is 0 Å². The number of rotatable bonds is 3. The minimum atomic E-state index is -0.364. The van der Waals surface area contributed by atoms with Crippen LogP contribution in [0, 0.1) is 17.1 Å². The van der Waals surface area contributed by atoms with Gasteiger partial charge in [0.15, 0.2) is 5.69 Å². The molecule has 2 aromatic heterocycles. The molecule has 4 rings (SSSR count). The molecule has 8 heteroatoms. The summed E-state index contributed by atoms with van der Waals surface area (Å²) in [5, 5.41) is 20.7. The second-order valence-corrected chi connectivity index (χ2v) is 5.14. The number of benzene rings is 2. The highest BCUT2D eigenvalue weighted by molar-refractivity contribution is 5.58. The molecule has 0 aliphatic carbocycles.